The smallest absolute Gasteiger partial charge is 0.545 e. The predicted molar refractivity (Wildman–Crippen MR) is 55.1 cm³/mol. The first-order valence-electron chi connectivity index (χ1n) is 3.83. The molecule has 6 heteroatoms. The first-order valence-corrected chi connectivity index (χ1v) is 4.58. The van der Waals surface area contributed by atoms with Crippen LogP contribution in [0.2, 0.25) is 10.0 Å². The van der Waals surface area contributed by atoms with Gasteiger partial charge in [0.25, 0.3) is 0 Å². The van der Waals surface area contributed by atoms with Gasteiger partial charge in [0.05, 0.1) is 27.7 Å². The molecule has 0 amide bonds. The number of rotatable bonds is 2. The topological polar surface area (TPSA) is 63.9 Å². The minimum absolute atomic E-state index is 0. The summed E-state index contributed by atoms with van der Waals surface area (Å²) in [6.07, 6.45) is 0.708. The molecule has 0 aliphatic carbocycles. The molecule has 1 aromatic rings. The van der Waals surface area contributed by atoms with Gasteiger partial charge in [0.1, 0.15) is 0 Å². The van der Waals surface area contributed by atoms with Crippen molar-refractivity contribution in [1.29, 1.82) is 5.26 Å². The molecule has 16 heavy (non-hydrogen) atoms. The molecule has 0 N–H and O–H groups in total. The predicted octanol–water partition coefficient (Wildman–Crippen LogP) is -1.35. The third-order valence-electron chi connectivity index (χ3n) is 1.61. The van der Waals surface area contributed by atoms with Gasteiger partial charge in [-0.25, -0.2) is 0 Å². The minimum Gasteiger partial charge on any atom is -0.545 e. The molecule has 0 heterocycles. The van der Waals surface area contributed by atoms with Gasteiger partial charge >= 0.3 is 51.4 Å². The Kier molecular flexibility index (Phi) is 7.52. The maximum Gasteiger partial charge on any atom is 1.00 e. The molecule has 3 nitrogen and oxygen atoms in total. The molecule has 0 atom stereocenters. The summed E-state index contributed by atoms with van der Waals surface area (Å²) in [7, 11) is 0. The van der Waals surface area contributed by atoms with E-state index >= 15 is 0 Å². The summed E-state index contributed by atoms with van der Waals surface area (Å²) in [5.41, 5.74) is 0.352. The zero-order valence-electron chi connectivity index (χ0n) is 8.33. The summed E-state index contributed by atoms with van der Waals surface area (Å²) >= 11 is 11.4. The normalized spacial score (nSPS) is 10.2. The maximum absolute atomic E-state index is 10.3. The van der Waals surface area contributed by atoms with Crippen molar-refractivity contribution in [3.05, 3.63) is 39.9 Å². The Morgan fingerprint density at radius 1 is 1.38 bits per heavy atom. The van der Waals surface area contributed by atoms with Crippen LogP contribution >= 0.6 is 23.2 Å². The number of nitrogens with zero attached hydrogens (tertiary/aromatic N) is 1. The Labute approximate surface area is 145 Å². The van der Waals surface area contributed by atoms with E-state index in [0.29, 0.717) is 16.7 Å². The van der Waals surface area contributed by atoms with Gasteiger partial charge in [-0.05, 0) is 23.8 Å². The van der Waals surface area contributed by atoms with E-state index in [1.807, 2.05) is 0 Å². The first kappa shape index (κ1) is 16.1. The molecule has 76 valence electrons. The third-order valence-corrected chi connectivity index (χ3v) is 2.35. The molecule has 0 saturated carbocycles. The molecule has 0 unspecified atom stereocenters. The van der Waals surface area contributed by atoms with Gasteiger partial charge in [-0.1, -0.05) is 29.3 Å². The van der Waals surface area contributed by atoms with Gasteiger partial charge in [0.2, 0.25) is 0 Å². The molecule has 0 saturated heterocycles. The van der Waals surface area contributed by atoms with Crippen molar-refractivity contribution in [2.75, 3.05) is 0 Å². The van der Waals surface area contributed by atoms with Crippen LogP contribution in [0.5, 0.6) is 0 Å². The summed E-state index contributed by atoms with van der Waals surface area (Å²) in [6, 6.07) is 6.15. The maximum atomic E-state index is 10.3. The Morgan fingerprint density at radius 2 is 2.00 bits per heavy atom. The molecule has 0 spiro atoms. The second-order valence-corrected chi connectivity index (χ2v) is 3.43. The fraction of sp³-hybridized carbons (Fsp3) is 0. The van der Waals surface area contributed by atoms with E-state index < -0.39 is 5.97 Å². The van der Waals surface area contributed by atoms with Crippen LogP contribution in [-0.2, 0) is 4.79 Å². The Morgan fingerprint density at radius 3 is 2.44 bits per heavy atom. The Bertz CT molecular complexity index is 480. The molecule has 0 bridgehead atoms. The van der Waals surface area contributed by atoms with E-state index in [1.165, 1.54) is 18.2 Å². The Hall–Kier alpha value is 0.136. The second-order valence-electron chi connectivity index (χ2n) is 2.62. The summed E-state index contributed by atoms with van der Waals surface area (Å²) in [5, 5.41) is 19.6. The fourth-order valence-electron chi connectivity index (χ4n) is 0.962. The van der Waals surface area contributed by atoms with Crippen molar-refractivity contribution in [3.8, 4) is 6.07 Å². The Balaban J connectivity index is 0.00000225. The van der Waals surface area contributed by atoms with Gasteiger partial charge in [-0.2, -0.15) is 5.26 Å². The average Bonchev–Trinajstić information content (AvgIpc) is 2.18. The van der Waals surface area contributed by atoms with Crippen LogP contribution < -0.4 is 56.5 Å². The van der Waals surface area contributed by atoms with Crippen LogP contribution in [0.4, 0.5) is 0 Å². The van der Waals surface area contributed by atoms with E-state index in [4.69, 9.17) is 28.5 Å². The SMILES string of the molecule is N#C/C(=C/C(=O)[O-])c1ccc(Cl)c(Cl)c1.[K+]. The zero-order chi connectivity index (χ0) is 11.4. The number of carboxylic acids is 1. The molecule has 0 aromatic heterocycles. The van der Waals surface area contributed by atoms with Crippen molar-refractivity contribution >= 4 is 34.7 Å². The van der Waals surface area contributed by atoms with Gasteiger partial charge in [0, 0.05) is 0 Å². The van der Waals surface area contributed by atoms with Crippen LogP contribution in [-0.4, -0.2) is 5.97 Å². The molecular formula is C10H4Cl2KNO2. The average molecular weight is 280 g/mol. The van der Waals surface area contributed by atoms with Crippen molar-refractivity contribution in [2.24, 2.45) is 0 Å². The quantitative estimate of drug-likeness (QED) is 0.382. The second kappa shape index (κ2) is 7.46. The molecule has 0 aliphatic heterocycles. The van der Waals surface area contributed by atoms with Crippen LogP contribution in [0.1, 0.15) is 5.56 Å². The van der Waals surface area contributed by atoms with Crippen molar-refractivity contribution in [3.63, 3.8) is 0 Å². The molecule has 0 aliphatic rings. The van der Waals surface area contributed by atoms with Crippen LogP contribution in [0.3, 0.4) is 0 Å². The number of benzene rings is 1. The molecular weight excluding hydrogens is 276 g/mol. The number of carbonyl (C=O) groups is 1. The van der Waals surface area contributed by atoms with Crippen molar-refractivity contribution in [2.45, 2.75) is 0 Å². The minimum atomic E-state index is -1.43. The number of carboxylic acid groups (broad SMARTS) is 1. The van der Waals surface area contributed by atoms with Crippen molar-refractivity contribution < 1.29 is 61.3 Å². The number of hydrogen-bond acceptors (Lipinski definition) is 3. The molecule has 1 aromatic carbocycles. The summed E-state index contributed by atoms with van der Waals surface area (Å²) < 4.78 is 0. The van der Waals surface area contributed by atoms with Crippen LogP contribution in [0.25, 0.3) is 5.57 Å². The molecule has 1 rings (SSSR count). The van der Waals surface area contributed by atoms with E-state index in [0.717, 1.165) is 0 Å². The number of aliphatic carboxylic acids is 1. The summed E-state index contributed by atoms with van der Waals surface area (Å²) in [4.78, 5) is 10.3. The summed E-state index contributed by atoms with van der Waals surface area (Å²) in [5.74, 6) is -1.43. The van der Waals surface area contributed by atoms with Gasteiger partial charge in [0.15, 0.2) is 0 Å². The van der Waals surface area contributed by atoms with Gasteiger partial charge < -0.3 is 9.90 Å². The number of halogens is 2. The monoisotopic (exact) mass is 279 g/mol. The third kappa shape index (κ3) is 4.56. The van der Waals surface area contributed by atoms with Crippen molar-refractivity contribution in [1.82, 2.24) is 0 Å². The number of hydrogen-bond donors (Lipinski definition) is 0. The van der Waals surface area contributed by atoms with E-state index in [2.05, 4.69) is 0 Å². The van der Waals surface area contributed by atoms with Crippen LogP contribution in [0.15, 0.2) is 24.3 Å². The standard InChI is InChI=1S/C10H5Cl2NO2.K/c11-8-2-1-6(3-9(8)12)7(5-13)4-10(14)15;/h1-4H,(H,14,15);/q;+1/p-1/b7-4-;. The van der Waals surface area contributed by atoms with Gasteiger partial charge in [-0.3, -0.25) is 0 Å². The first-order chi connectivity index (χ1) is 7.04. The van der Waals surface area contributed by atoms with Gasteiger partial charge in [-0.15, -0.1) is 0 Å². The van der Waals surface area contributed by atoms with E-state index in [1.54, 1.807) is 6.07 Å². The largest absolute Gasteiger partial charge is 1.00 e. The summed E-state index contributed by atoms with van der Waals surface area (Å²) in [6.45, 7) is 0. The number of nitriles is 1. The molecule has 0 fully saturated rings. The van der Waals surface area contributed by atoms with E-state index in [-0.39, 0.29) is 62.0 Å². The van der Waals surface area contributed by atoms with Crippen LogP contribution in [0, 0.1) is 11.3 Å². The number of allylic oxidation sites excluding steroid dienone is 1. The fourth-order valence-corrected chi connectivity index (χ4v) is 1.26. The van der Waals surface area contributed by atoms with E-state index in [9.17, 15) is 9.90 Å². The zero-order valence-corrected chi connectivity index (χ0v) is 13.0. The number of carbonyl (C=O) groups excluding carboxylic acids is 1. The molecule has 0 radical (unpaired) electrons.